The van der Waals surface area contributed by atoms with Crippen molar-refractivity contribution in [2.24, 2.45) is 11.8 Å². The first-order chi connectivity index (χ1) is 15.4. The first-order valence-corrected chi connectivity index (χ1v) is 11.4. The van der Waals surface area contributed by atoms with Crippen LogP contribution in [0.1, 0.15) is 60.6 Å². The molecule has 0 saturated heterocycles. The molecule has 2 aliphatic rings. The first kappa shape index (κ1) is 22.2. The molecule has 6 heteroatoms. The van der Waals surface area contributed by atoms with E-state index in [0.29, 0.717) is 28.9 Å². The van der Waals surface area contributed by atoms with Gasteiger partial charge in [-0.15, -0.1) is 0 Å². The van der Waals surface area contributed by atoms with Gasteiger partial charge in [0, 0.05) is 17.2 Å². The number of rotatable bonds is 6. The Kier molecular flexibility index (Phi) is 6.40. The molecule has 1 aliphatic heterocycles. The maximum Gasteiger partial charge on any atom is 0.255 e. The summed E-state index contributed by atoms with van der Waals surface area (Å²) < 4.78 is 10.9. The predicted molar refractivity (Wildman–Crippen MR) is 123 cm³/mol. The summed E-state index contributed by atoms with van der Waals surface area (Å²) in [6, 6.07) is 12.4. The molecule has 4 atom stereocenters. The lowest BCUT2D eigenvalue weighted by atomic mass is 9.78. The zero-order valence-corrected chi connectivity index (χ0v) is 19.3. The van der Waals surface area contributed by atoms with Gasteiger partial charge in [-0.2, -0.15) is 0 Å². The Morgan fingerprint density at radius 2 is 1.88 bits per heavy atom. The molecule has 6 nitrogen and oxygen atoms in total. The fraction of sp³-hybridized carbons (Fsp3) is 0.462. The third-order valence-corrected chi connectivity index (χ3v) is 7.17. The smallest absolute Gasteiger partial charge is 0.255 e. The fourth-order valence-electron chi connectivity index (χ4n) is 5.05. The van der Waals surface area contributed by atoms with Crippen molar-refractivity contribution in [2.75, 3.05) is 14.2 Å². The molecule has 4 rings (SSSR count). The van der Waals surface area contributed by atoms with Gasteiger partial charge in [-0.3, -0.25) is 9.59 Å². The molecule has 1 heterocycles. The number of amides is 2. The molecular formula is C26H32N2O4. The minimum absolute atomic E-state index is 0.115. The van der Waals surface area contributed by atoms with E-state index in [0.717, 1.165) is 24.0 Å². The molecule has 2 aromatic rings. The van der Waals surface area contributed by atoms with Crippen LogP contribution in [-0.2, 0) is 11.3 Å². The fourth-order valence-corrected chi connectivity index (χ4v) is 5.05. The van der Waals surface area contributed by atoms with Crippen LogP contribution < -0.4 is 14.8 Å². The Morgan fingerprint density at radius 3 is 2.62 bits per heavy atom. The Hall–Kier alpha value is -3.02. The Balaban J connectivity index is 1.65. The molecule has 2 amide bonds. The monoisotopic (exact) mass is 436 g/mol. The lowest BCUT2D eigenvalue weighted by Gasteiger charge is -2.36. The summed E-state index contributed by atoms with van der Waals surface area (Å²) >= 11 is 0. The number of ether oxygens (including phenoxy) is 2. The van der Waals surface area contributed by atoms with Crippen LogP contribution in [0.4, 0.5) is 0 Å². The minimum Gasteiger partial charge on any atom is -0.497 e. The molecule has 1 aliphatic carbocycles. The van der Waals surface area contributed by atoms with Crippen molar-refractivity contribution in [1.82, 2.24) is 10.2 Å². The number of nitrogens with zero attached hydrogens (tertiary/aromatic N) is 1. The molecule has 1 fully saturated rings. The highest BCUT2D eigenvalue weighted by Gasteiger charge is 2.42. The molecule has 0 aromatic heterocycles. The largest absolute Gasteiger partial charge is 0.497 e. The van der Waals surface area contributed by atoms with E-state index in [4.69, 9.17) is 9.47 Å². The van der Waals surface area contributed by atoms with Gasteiger partial charge in [0.25, 0.3) is 5.91 Å². The lowest BCUT2D eigenvalue weighted by Crippen LogP contribution is -2.48. The first-order valence-electron chi connectivity index (χ1n) is 11.4. The van der Waals surface area contributed by atoms with Crippen LogP contribution >= 0.6 is 0 Å². The predicted octanol–water partition coefficient (Wildman–Crippen LogP) is 4.34. The normalized spacial score (nSPS) is 24.8. The van der Waals surface area contributed by atoms with E-state index in [2.05, 4.69) is 19.2 Å². The van der Waals surface area contributed by atoms with Gasteiger partial charge in [0.2, 0.25) is 5.91 Å². The van der Waals surface area contributed by atoms with E-state index >= 15 is 0 Å². The molecule has 2 aromatic carbocycles. The third kappa shape index (κ3) is 4.06. The number of hydrogen-bond donors (Lipinski definition) is 1. The standard InChI is InChI=1S/C26H32N2O4/c1-16-8-7-11-22(17(16)2)27-25(29)24-20-9-5-6-10-21(20)26(30)28(24)15-18-14-19(31-3)12-13-23(18)32-4/h5-6,9-10,12-14,16-17,22,24H,7-8,11,15H2,1-4H3,(H,27,29). The van der Waals surface area contributed by atoms with Crippen molar-refractivity contribution < 1.29 is 19.1 Å². The van der Waals surface area contributed by atoms with Crippen molar-refractivity contribution in [1.29, 1.82) is 0 Å². The van der Waals surface area contributed by atoms with Crippen LogP contribution in [0, 0.1) is 11.8 Å². The van der Waals surface area contributed by atoms with Crippen LogP contribution in [-0.4, -0.2) is 37.0 Å². The molecule has 0 spiro atoms. The lowest BCUT2D eigenvalue weighted by molar-refractivity contribution is -0.127. The van der Waals surface area contributed by atoms with Crippen LogP contribution in [0.3, 0.4) is 0 Å². The Morgan fingerprint density at radius 1 is 1.09 bits per heavy atom. The molecule has 32 heavy (non-hydrogen) atoms. The van der Waals surface area contributed by atoms with E-state index in [1.807, 2.05) is 36.4 Å². The van der Waals surface area contributed by atoms with Gasteiger partial charge < -0.3 is 19.7 Å². The summed E-state index contributed by atoms with van der Waals surface area (Å²) in [6.07, 6.45) is 3.28. The van der Waals surface area contributed by atoms with Gasteiger partial charge in [-0.05, 0) is 48.1 Å². The molecule has 4 unspecified atom stereocenters. The number of methoxy groups -OCH3 is 2. The third-order valence-electron chi connectivity index (χ3n) is 7.17. The molecular weight excluding hydrogens is 404 g/mol. The van der Waals surface area contributed by atoms with Crippen LogP contribution in [0.25, 0.3) is 0 Å². The maximum absolute atomic E-state index is 13.6. The topological polar surface area (TPSA) is 67.9 Å². The van der Waals surface area contributed by atoms with E-state index < -0.39 is 6.04 Å². The molecule has 1 saturated carbocycles. The SMILES string of the molecule is COc1ccc(OC)c(CN2C(=O)c3ccccc3C2C(=O)NC2CCCC(C)C2C)c1. The van der Waals surface area contributed by atoms with Crippen molar-refractivity contribution in [3.8, 4) is 11.5 Å². The summed E-state index contributed by atoms with van der Waals surface area (Å²) in [7, 11) is 3.20. The summed E-state index contributed by atoms with van der Waals surface area (Å²) in [6.45, 7) is 4.71. The second-order valence-electron chi connectivity index (χ2n) is 8.98. The minimum atomic E-state index is -0.668. The molecule has 0 bridgehead atoms. The van der Waals surface area contributed by atoms with Gasteiger partial charge in [-0.25, -0.2) is 0 Å². The number of benzene rings is 2. The van der Waals surface area contributed by atoms with Gasteiger partial charge in [0.05, 0.1) is 20.8 Å². The van der Waals surface area contributed by atoms with Gasteiger partial charge in [-0.1, -0.05) is 44.9 Å². The zero-order chi connectivity index (χ0) is 22.8. The van der Waals surface area contributed by atoms with E-state index in [-0.39, 0.29) is 24.4 Å². The Labute approximate surface area is 189 Å². The average Bonchev–Trinajstić information content (AvgIpc) is 3.08. The van der Waals surface area contributed by atoms with E-state index in [1.54, 1.807) is 25.2 Å². The summed E-state index contributed by atoms with van der Waals surface area (Å²) in [5.41, 5.74) is 2.14. The summed E-state index contributed by atoms with van der Waals surface area (Å²) in [5.74, 6) is 2.06. The van der Waals surface area contributed by atoms with Crippen LogP contribution in [0.15, 0.2) is 42.5 Å². The highest BCUT2D eigenvalue weighted by atomic mass is 16.5. The van der Waals surface area contributed by atoms with Crippen molar-refractivity contribution in [2.45, 2.75) is 51.7 Å². The summed E-state index contributed by atoms with van der Waals surface area (Å²) in [4.78, 5) is 28.6. The van der Waals surface area contributed by atoms with Gasteiger partial charge in [0.15, 0.2) is 0 Å². The second kappa shape index (κ2) is 9.23. The molecule has 0 radical (unpaired) electrons. The molecule has 1 N–H and O–H groups in total. The van der Waals surface area contributed by atoms with Gasteiger partial charge >= 0.3 is 0 Å². The highest BCUT2D eigenvalue weighted by Crippen LogP contribution is 2.38. The van der Waals surface area contributed by atoms with Crippen molar-refractivity contribution >= 4 is 11.8 Å². The number of carbonyl (C=O) groups is 2. The maximum atomic E-state index is 13.6. The van der Waals surface area contributed by atoms with Crippen molar-refractivity contribution in [3.05, 3.63) is 59.2 Å². The number of fused-ring (bicyclic) bond motifs is 1. The van der Waals surface area contributed by atoms with E-state index in [1.165, 1.54) is 6.42 Å². The second-order valence-corrected chi connectivity index (χ2v) is 8.98. The van der Waals surface area contributed by atoms with Crippen LogP contribution in [0.5, 0.6) is 11.5 Å². The highest BCUT2D eigenvalue weighted by molar-refractivity contribution is 6.04. The Bertz CT molecular complexity index is 1010. The zero-order valence-electron chi connectivity index (χ0n) is 19.3. The molecule has 170 valence electrons. The van der Waals surface area contributed by atoms with E-state index in [9.17, 15) is 9.59 Å². The van der Waals surface area contributed by atoms with Gasteiger partial charge in [0.1, 0.15) is 17.5 Å². The number of nitrogens with one attached hydrogen (secondary N) is 1. The summed E-state index contributed by atoms with van der Waals surface area (Å²) in [5, 5.41) is 3.28. The quantitative estimate of drug-likeness (QED) is 0.731. The number of carbonyl (C=O) groups excluding carboxylic acids is 2. The van der Waals surface area contributed by atoms with Crippen LogP contribution in [0.2, 0.25) is 0 Å². The average molecular weight is 437 g/mol. The number of hydrogen-bond acceptors (Lipinski definition) is 4. The van der Waals surface area contributed by atoms with Crippen molar-refractivity contribution in [3.63, 3.8) is 0 Å².